The van der Waals surface area contributed by atoms with Crippen molar-refractivity contribution in [1.82, 2.24) is 29.9 Å². The molecule has 0 spiro atoms. The summed E-state index contributed by atoms with van der Waals surface area (Å²) >= 11 is 0. The highest BCUT2D eigenvalue weighted by atomic mass is 16.5. The molecule has 0 bridgehead atoms. The molecule has 2 aliphatic rings. The van der Waals surface area contributed by atoms with Gasteiger partial charge in [-0.05, 0) is 46.2 Å². The van der Waals surface area contributed by atoms with Gasteiger partial charge in [-0.1, -0.05) is 11.8 Å². The number of piperidine rings is 1. The Morgan fingerprint density at radius 1 is 1.33 bits per heavy atom. The van der Waals surface area contributed by atoms with Crippen LogP contribution in [-0.2, 0) is 4.74 Å². The van der Waals surface area contributed by atoms with Crippen molar-refractivity contribution < 1.29 is 9.84 Å². The van der Waals surface area contributed by atoms with Crippen LogP contribution in [0.25, 0.3) is 16.9 Å². The molecule has 33 heavy (non-hydrogen) atoms. The first-order valence-corrected chi connectivity index (χ1v) is 11.7. The molecular formula is C24H31N7O2. The van der Waals surface area contributed by atoms with Crippen molar-refractivity contribution in [2.45, 2.75) is 51.3 Å². The average molecular weight is 450 g/mol. The highest BCUT2D eigenvalue weighted by Crippen LogP contribution is 2.27. The van der Waals surface area contributed by atoms with E-state index >= 15 is 0 Å². The van der Waals surface area contributed by atoms with Crippen molar-refractivity contribution in [1.29, 1.82) is 0 Å². The number of β-amino-alcohol motifs (C(OH)–C–C–N with tert-alkyl or cyclic N) is 1. The summed E-state index contributed by atoms with van der Waals surface area (Å²) in [5.74, 6) is 8.09. The van der Waals surface area contributed by atoms with Gasteiger partial charge in [0.2, 0.25) is 0 Å². The third kappa shape index (κ3) is 4.34. The zero-order valence-corrected chi connectivity index (χ0v) is 19.5. The van der Waals surface area contributed by atoms with Crippen LogP contribution in [-0.4, -0.2) is 85.5 Å². The van der Waals surface area contributed by atoms with Gasteiger partial charge in [0.25, 0.3) is 0 Å². The van der Waals surface area contributed by atoms with Gasteiger partial charge in [0.1, 0.15) is 11.4 Å². The Hall–Kier alpha value is -2.93. The normalized spacial score (nSPS) is 24.3. The molecule has 0 amide bonds. The molecule has 0 radical (unpaired) electrons. The van der Waals surface area contributed by atoms with Crippen LogP contribution in [0.4, 0.5) is 5.82 Å². The van der Waals surface area contributed by atoms with Crippen molar-refractivity contribution in [2.24, 2.45) is 0 Å². The number of aliphatic hydroxyl groups is 1. The van der Waals surface area contributed by atoms with Crippen LogP contribution in [0.15, 0.2) is 24.5 Å². The third-order valence-corrected chi connectivity index (χ3v) is 6.56. The van der Waals surface area contributed by atoms with E-state index in [2.05, 4.69) is 57.7 Å². The third-order valence-electron chi connectivity index (χ3n) is 6.56. The molecule has 0 aromatic carbocycles. The average Bonchev–Trinajstić information content (AvgIpc) is 3.47. The summed E-state index contributed by atoms with van der Waals surface area (Å²) in [6, 6.07) is 4.46. The van der Waals surface area contributed by atoms with E-state index in [0.29, 0.717) is 37.9 Å². The zero-order chi connectivity index (χ0) is 23.0. The second kappa shape index (κ2) is 8.78. The zero-order valence-electron chi connectivity index (χ0n) is 19.5. The molecule has 2 saturated heterocycles. The minimum atomic E-state index is -1.02. The van der Waals surface area contributed by atoms with E-state index in [1.165, 1.54) is 0 Å². The molecule has 2 aliphatic heterocycles. The van der Waals surface area contributed by atoms with Crippen molar-refractivity contribution in [3.8, 4) is 17.7 Å². The van der Waals surface area contributed by atoms with Crippen LogP contribution in [0.1, 0.15) is 39.2 Å². The lowest BCUT2D eigenvalue weighted by molar-refractivity contribution is 0.00431. The molecule has 0 saturated carbocycles. The molecule has 9 nitrogen and oxygen atoms in total. The number of aromatic amines is 1. The molecule has 174 valence electrons. The predicted molar refractivity (Wildman–Crippen MR) is 126 cm³/mol. The van der Waals surface area contributed by atoms with Gasteiger partial charge in [-0.2, -0.15) is 14.9 Å². The molecule has 9 heteroatoms. The van der Waals surface area contributed by atoms with Gasteiger partial charge in [-0.25, -0.2) is 4.98 Å². The van der Waals surface area contributed by atoms with E-state index in [1.807, 2.05) is 12.1 Å². The number of ether oxygens (including phenoxy) is 1. The SMILES string of the molecule is CC(C)N1CCCC(O)(C#Cc2cc(N3CCOC[C@H]3C)nc3c2cnn3-c2ccn[nH]2)C1. The van der Waals surface area contributed by atoms with Crippen LogP contribution in [0.3, 0.4) is 0 Å². The van der Waals surface area contributed by atoms with Gasteiger partial charge >= 0.3 is 0 Å². The Labute approximate surface area is 193 Å². The highest BCUT2D eigenvalue weighted by molar-refractivity contribution is 5.85. The van der Waals surface area contributed by atoms with Crippen LogP contribution < -0.4 is 4.90 Å². The van der Waals surface area contributed by atoms with E-state index in [4.69, 9.17) is 9.72 Å². The molecule has 2 atom stereocenters. The van der Waals surface area contributed by atoms with Crippen LogP contribution in [0.2, 0.25) is 0 Å². The summed E-state index contributed by atoms with van der Waals surface area (Å²) in [5, 5.41) is 23.7. The first-order chi connectivity index (χ1) is 15.9. The van der Waals surface area contributed by atoms with Gasteiger partial charge in [0.15, 0.2) is 11.5 Å². The van der Waals surface area contributed by atoms with Gasteiger partial charge in [-0.3, -0.25) is 10.00 Å². The Balaban J connectivity index is 1.59. The lowest BCUT2D eigenvalue weighted by Crippen LogP contribution is -2.49. The number of morpholine rings is 1. The van der Waals surface area contributed by atoms with E-state index in [0.717, 1.165) is 42.1 Å². The number of H-pyrrole nitrogens is 1. The summed E-state index contributed by atoms with van der Waals surface area (Å²) in [7, 11) is 0. The van der Waals surface area contributed by atoms with Crippen LogP contribution in [0, 0.1) is 11.8 Å². The van der Waals surface area contributed by atoms with E-state index in [1.54, 1.807) is 17.1 Å². The lowest BCUT2D eigenvalue weighted by atomic mass is 9.92. The maximum absolute atomic E-state index is 11.2. The van der Waals surface area contributed by atoms with Crippen molar-refractivity contribution in [3.63, 3.8) is 0 Å². The summed E-state index contributed by atoms with van der Waals surface area (Å²) in [6.07, 6.45) is 5.09. The second-order valence-corrected chi connectivity index (χ2v) is 9.33. The van der Waals surface area contributed by atoms with Gasteiger partial charge in [0, 0.05) is 30.8 Å². The first-order valence-electron chi connectivity index (χ1n) is 11.7. The number of aromatic nitrogens is 5. The highest BCUT2D eigenvalue weighted by Gasteiger charge is 2.32. The molecule has 1 unspecified atom stereocenters. The fourth-order valence-electron chi connectivity index (χ4n) is 4.64. The Bertz CT molecular complexity index is 1180. The number of pyridine rings is 1. The second-order valence-electron chi connectivity index (χ2n) is 9.33. The summed E-state index contributed by atoms with van der Waals surface area (Å²) < 4.78 is 7.37. The van der Waals surface area contributed by atoms with Crippen molar-refractivity contribution in [3.05, 3.63) is 30.1 Å². The van der Waals surface area contributed by atoms with Gasteiger partial charge in [0.05, 0.1) is 37.0 Å². The van der Waals surface area contributed by atoms with E-state index < -0.39 is 5.60 Å². The van der Waals surface area contributed by atoms with E-state index in [-0.39, 0.29) is 6.04 Å². The van der Waals surface area contributed by atoms with Gasteiger partial charge < -0.3 is 14.7 Å². The Morgan fingerprint density at radius 3 is 2.97 bits per heavy atom. The maximum atomic E-state index is 11.2. The first kappa shape index (κ1) is 21.9. The predicted octanol–water partition coefficient (Wildman–Crippen LogP) is 1.96. The quantitative estimate of drug-likeness (QED) is 0.590. The maximum Gasteiger partial charge on any atom is 0.168 e. The molecule has 2 fully saturated rings. The minimum absolute atomic E-state index is 0.204. The molecule has 3 aromatic heterocycles. The molecular weight excluding hydrogens is 418 g/mol. The molecule has 2 N–H and O–H groups in total. The molecule has 0 aliphatic carbocycles. The number of fused-ring (bicyclic) bond motifs is 1. The number of nitrogens with zero attached hydrogens (tertiary/aromatic N) is 6. The number of hydrogen-bond acceptors (Lipinski definition) is 7. The number of rotatable bonds is 3. The number of nitrogens with one attached hydrogen (secondary N) is 1. The summed E-state index contributed by atoms with van der Waals surface area (Å²) in [5.41, 5.74) is 0.498. The fraction of sp³-hybridized carbons (Fsp3) is 0.542. The lowest BCUT2D eigenvalue weighted by Gasteiger charge is -2.38. The largest absolute Gasteiger partial charge is 0.377 e. The number of likely N-dealkylation sites (tertiary alicyclic amines) is 1. The van der Waals surface area contributed by atoms with Crippen molar-refractivity contribution in [2.75, 3.05) is 37.7 Å². The molecule has 5 heterocycles. The molecule has 3 aromatic rings. The van der Waals surface area contributed by atoms with E-state index in [9.17, 15) is 5.11 Å². The standard InChI is InChI=1S/C24H31N7O2/c1-17(2)29-10-4-7-24(32,16-29)8-5-19-13-22(30-11-12-33-15-18(30)3)27-23-20(19)14-26-31(23)21-6-9-25-28-21/h6,9,13-14,17-18,32H,4,7,10-12,15-16H2,1-3H3,(H,25,28)/t18-,24?/m1/s1. The molecule has 5 rings (SSSR count). The van der Waals surface area contributed by atoms with Crippen LogP contribution >= 0.6 is 0 Å². The van der Waals surface area contributed by atoms with Crippen LogP contribution in [0.5, 0.6) is 0 Å². The fourth-order valence-corrected chi connectivity index (χ4v) is 4.64. The summed E-state index contributed by atoms with van der Waals surface area (Å²) in [4.78, 5) is 9.49. The number of hydrogen-bond donors (Lipinski definition) is 2. The topological polar surface area (TPSA) is 95.3 Å². The Kier molecular flexibility index (Phi) is 5.83. The Morgan fingerprint density at radius 2 is 2.21 bits per heavy atom. The smallest absolute Gasteiger partial charge is 0.168 e. The number of anilines is 1. The minimum Gasteiger partial charge on any atom is -0.377 e. The van der Waals surface area contributed by atoms with Gasteiger partial charge in [-0.15, -0.1) is 0 Å². The van der Waals surface area contributed by atoms with Crippen molar-refractivity contribution >= 4 is 16.9 Å². The monoisotopic (exact) mass is 449 g/mol. The summed E-state index contributed by atoms with van der Waals surface area (Å²) in [6.45, 7) is 10.1.